The normalized spacial score (nSPS) is 10.8. The number of hydrogen-bond donors (Lipinski definition) is 1. The highest BCUT2D eigenvalue weighted by Crippen LogP contribution is 2.25. The van der Waals surface area contributed by atoms with Crippen molar-refractivity contribution in [2.75, 3.05) is 0 Å². The Balaban J connectivity index is 3.15. The Morgan fingerprint density at radius 2 is 2.21 bits per heavy atom. The third-order valence-electron chi connectivity index (χ3n) is 1.44. The van der Waals surface area contributed by atoms with Gasteiger partial charge in [-0.05, 0) is 40.8 Å². The summed E-state index contributed by atoms with van der Waals surface area (Å²) >= 11 is 5.10. The van der Waals surface area contributed by atoms with E-state index < -0.39 is 5.97 Å². The van der Waals surface area contributed by atoms with Gasteiger partial charge in [-0.15, -0.1) is 0 Å². The van der Waals surface area contributed by atoms with Gasteiger partial charge in [0.2, 0.25) is 0 Å². The van der Waals surface area contributed by atoms with E-state index in [0.717, 1.165) is 6.08 Å². The Labute approximate surface area is 102 Å². The van der Waals surface area contributed by atoms with E-state index in [2.05, 4.69) is 15.9 Å². The maximum absolute atomic E-state index is 12.8. The molecule has 0 unspecified atom stereocenters. The van der Waals surface area contributed by atoms with Crippen LogP contribution >= 0.6 is 38.5 Å². The Kier molecular flexibility index (Phi) is 4.06. The average Bonchev–Trinajstić information content (AvgIpc) is 2.01. The molecule has 2 nitrogen and oxygen atoms in total. The van der Waals surface area contributed by atoms with Gasteiger partial charge in [0.25, 0.3) is 0 Å². The number of aliphatic carboxylic acids is 1. The van der Waals surface area contributed by atoms with Gasteiger partial charge >= 0.3 is 5.97 Å². The van der Waals surface area contributed by atoms with Crippen LogP contribution in [0.25, 0.3) is 6.08 Å². The predicted molar refractivity (Wildman–Crippen MR) is 63.5 cm³/mol. The molecule has 0 radical (unpaired) electrons. The summed E-state index contributed by atoms with van der Waals surface area (Å²) in [5, 5.41) is 8.43. The second kappa shape index (κ2) is 4.88. The number of halogens is 3. The van der Waals surface area contributed by atoms with Crippen molar-refractivity contribution in [2.24, 2.45) is 0 Å². The molecule has 0 saturated heterocycles. The van der Waals surface area contributed by atoms with Gasteiger partial charge in [0.05, 0.1) is 0 Å². The van der Waals surface area contributed by atoms with Crippen LogP contribution in [0.1, 0.15) is 5.56 Å². The molecule has 14 heavy (non-hydrogen) atoms. The maximum atomic E-state index is 12.8. The van der Waals surface area contributed by atoms with Gasteiger partial charge < -0.3 is 5.11 Å². The summed E-state index contributed by atoms with van der Waals surface area (Å²) in [5.74, 6) is -1.38. The van der Waals surface area contributed by atoms with Gasteiger partial charge in [-0.3, -0.25) is 0 Å². The van der Waals surface area contributed by atoms with Crippen LogP contribution < -0.4 is 0 Å². The minimum absolute atomic E-state index is 0.353. The smallest absolute Gasteiger partial charge is 0.328 e. The fraction of sp³-hybridized carbons (Fsp3) is 0. The quantitative estimate of drug-likeness (QED) is 0.640. The van der Waals surface area contributed by atoms with E-state index in [4.69, 9.17) is 5.11 Å². The largest absolute Gasteiger partial charge is 0.478 e. The van der Waals surface area contributed by atoms with Gasteiger partial charge in [-0.1, -0.05) is 15.9 Å². The summed E-state index contributed by atoms with van der Waals surface area (Å²) in [7, 11) is 0. The average molecular weight is 371 g/mol. The third kappa shape index (κ3) is 3.06. The number of carbonyl (C=O) groups is 1. The first-order valence-electron chi connectivity index (χ1n) is 3.56. The molecule has 74 valence electrons. The number of hydrogen-bond acceptors (Lipinski definition) is 1. The lowest BCUT2D eigenvalue weighted by atomic mass is 10.2. The lowest BCUT2D eigenvalue weighted by Gasteiger charge is -2.01. The minimum Gasteiger partial charge on any atom is -0.478 e. The van der Waals surface area contributed by atoms with Crippen molar-refractivity contribution < 1.29 is 14.3 Å². The molecule has 0 fully saturated rings. The molecule has 1 aromatic rings. The lowest BCUT2D eigenvalue weighted by Crippen LogP contribution is -1.89. The maximum Gasteiger partial charge on any atom is 0.328 e. The summed E-state index contributed by atoms with van der Waals surface area (Å²) in [4.78, 5) is 10.3. The van der Waals surface area contributed by atoms with Gasteiger partial charge in [-0.25, -0.2) is 9.18 Å². The molecular weight excluding hydrogens is 366 g/mol. The number of benzene rings is 1. The van der Waals surface area contributed by atoms with Gasteiger partial charge in [0.1, 0.15) is 5.82 Å². The lowest BCUT2D eigenvalue weighted by molar-refractivity contribution is -0.131. The van der Waals surface area contributed by atoms with E-state index in [0.29, 0.717) is 13.6 Å². The van der Waals surface area contributed by atoms with E-state index in [9.17, 15) is 9.18 Å². The van der Waals surface area contributed by atoms with Crippen molar-refractivity contribution in [3.63, 3.8) is 0 Å². The van der Waals surface area contributed by atoms with E-state index in [1.807, 2.05) is 22.6 Å². The molecule has 0 aliphatic carbocycles. The molecule has 1 aromatic carbocycles. The highest BCUT2D eigenvalue weighted by molar-refractivity contribution is 14.1. The van der Waals surface area contributed by atoms with Crippen LogP contribution in [0.4, 0.5) is 4.39 Å². The molecule has 1 N–H and O–H groups in total. The molecule has 5 heteroatoms. The molecule has 0 bridgehead atoms. The Bertz CT molecular complexity index is 381. The SMILES string of the molecule is O=C(O)/C=C/c1c(Br)cc(F)cc1I. The number of carboxylic acid groups (broad SMARTS) is 1. The van der Waals surface area contributed by atoms with Crippen LogP contribution in [0, 0.1) is 9.39 Å². The zero-order valence-electron chi connectivity index (χ0n) is 6.80. The van der Waals surface area contributed by atoms with Crippen LogP contribution in [0.15, 0.2) is 22.7 Å². The molecule has 0 aliphatic heterocycles. The first-order chi connectivity index (χ1) is 6.50. The van der Waals surface area contributed by atoms with E-state index in [1.165, 1.54) is 18.2 Å². The molecule has 0 spiro atoms. The van der Waals surface area contributed by atoms with Gasteiger partial charge in [0, 0.05) is 19.7 Å². The summed E-state index contributed by atoms with van der Waals surface area (Å²) in [6.07, 6.45) is 2.44. The van der Waals surface area contributed by atoms with Crippen LogP contribution in [0.5, 0.6) is 0 Å². The molecule has 0 heterocycles. The molecular formula is C9H5BrFIO2. The van der Waals surface area contributed by atoms with E-state index >= 15 is 0 Å². The standard InChI is InChI=1S/C9H5BrFIO2/c10-7-3-5(11)4-8(12)6(7)1-2-9(13)14/h1-4H,(H,13,14)/b2-1+. The molecule has 0 amide bonds. The second-order valence-corrected chi connectivity index (χ2v) is 4.47. The van der Waals surface area contributed by atoms with Crippen molar-refractivity contribution in [1.82, 2.24) is 0 Å². The first-order valence-corrected chi connectivity index (χ1v) is 5.43. The summed E-state index contributed by atoms with van der Waals surface area (Å²) in [5.41, 5.74) is 0.661. The van der Waals surface area contributed by atoms with Crippen molar-refractivity contribution in [3.8, 4) is 0 Å². The molecule has 0 aromatic heterocycles. The monoisotopic (exact) mass is 370 g/mol. The highest BCUT2D eigenvalue weighted by atomic mass is 127. The summed E-state index contributed by atoms with van der Waals surface area (Å²) < 4.78 is 14.0. The van der Waals surface area contributed by atoms with Crippen molar-refractivity contribution >= 4 is 50.6 Å². The van der Waals surface area contributed by atoms with Gasteiger partial charge in [-0.2, -0.15) is 0 Å². The van der Waals surface area contributed by atoms with E-state index in [-0.39, 0.29) is 5.82 Å². The zero-order chi connectivity index (χ0) is 10.7. The Morgan fingerprint density at radius 3 is 2.71 bits per heavy atom. The van der Waals surface area contributed by atoms with Gasteiger partial charge in [0.15, 0.2) is 0 Å². The predicted octanol–water partition coefficient (Wildman–Crippen LogP) is 3.29. The Morgan fingerprint density at radius 1 is 1.57 bits per heavy atom. The second-order valence-electron chi connectivity index (χ2n) is 2.45. The third-order valence-corrected chi connectivity index (χ3v) is 2.98. The fourth-order valence-electron chi connectivity index (χ4n) is 0.867. The molecule has 1 rings (SSSR count). The van der Waals surface area contributed by atoms with Crippen molar-refractivity contribution in [1.29, 1.82) is 0 Å². The van der Waals surface area contributed by atoms with Crippen LogP contribution in [0.3, 0.4) is 0 Å². The molecule has 0 atom stereocenters. The zero-order valence-corrected chi connectivity index (χ0v) is 10.5. The minimum atomic E-state index is -1.03. The van der Waals surface area contributed by atoms with Crippen LogP contribution in [-0.2, 0) is 4.79 Å². The summed E-state index contributed by atoms with van der Waals surface area (Å²) in [6.45, 7) is 0. The first kappa shape index (κ1) is 11.6. The number of rotatable bonds is 2. The van der Waals surface area contributed by atoms with E-state index in [1.54, 1.807) is 0 Å². The number of carboxylic acids is 1. The van der Waals surface area contributed by atoms with Crippen LogP contribution in [0.2, 0.25) is 0 Å². The highest BCUT2D eigenvalue weighted by Gasteiger charge is 2.04. The molecule has 0 aliphatic rings. The van der Waals surface area contributed by atoms with Crippen molar-refractivity contribution in [3.05, 3.63) is 37.6 Å². The fourth-order valence-corrected chi connectivity index (χ4v) is 2.57. The molecule has 0 saturated carbocycles. The Hall–Kier alpha value is -0.430. The van der Waals surface area contributed by atoms with Crippen LogP contribution in [-0.4, -0.2) is 11.1 Å². The topological polar surface area (TPSA) is 37.3 Å². The summed E-state index contributed by atoms with van der Waals surface area (Å²) in [6, 6.07) is 2.64. The van der Waals surface area contributed by atoms with Crippen molar-refractivity contribution in [2.45, 2.75) is 0 Å².